The van der Waals surface area contributed by atoms with E-state index >= 15 is 0 Å². The van der Waals surface area contributed by atoms with Crippen molar-refractivity contribution in [3.63, 3.8) is 0 Å². The van der Waals surface area contributed by atoms with Gasteiger partial charge in [-0.15, -0.1) is 0 Å². The fourth-order valence-corrected chi connectivity index (χ4v) is 11.6. The van der Waals surface area contributed by atoms with Crippen LogP contribution in [-0.2, 0) is 23.9 Å². The fourth-order valence-electron chi connectivity index (χ4n) is 11.6. The van der Waals surface area contributed by atoms with Crippen LogP contribution >= 0.6 is 0 Å². The number of rotatable bonds is 2. The summed E-state index contributed by atoms with van der Waals surface area (Å²) in [6, 6.07) is 0. The molecule has 0 heterocycles. The Balaban J connectivity index is 1.71. The van der Waals surface area contributed by atoms with Crippen LogP contribution in [0.3, 0.4) is 0 Å². The Morgan fingerprint density at radius 2 is 1.55 bits per heavy atom. The standard InChI is InChI=1S/C33H48O5/c1-27(2)12-14-33(26(37)38-9)15-13-31(7)24(32(33,8)19-27)21(35)16-23-29(5)17-20(18-34)25(36)28(3,4)22(29)10-11-30(23,31)6/h16,18,20,22,24H,10-15,17,19H2,1-9H3/t20?,22?,24-,29-,30+,31+,32-,33+/m0/s1. The minimum absolute atomic E-state index is 0.0320. The van der Waals surface area contributed by atoms with E-state index < -0.39 is 27.6 Å². The lowest BCUT2D eigenvalue weighted by atomic mass is 9.30. The zero-order chi connectivity index (χ0) is 28.3. The molecule has 5 heteroatoms. The van der Waals surface area contributed by atoms with Gasteiger partial charge in [-0.25, -0.2) is 0 Å². The molecule has 210 valence electrons. The van der Waals surface area contributed by atoms with Gasteiger partial charge in [0.2, 0.25) is 0 Å². The van der Waals surface area contributed by atoms with Gasteiger partial charge in [0.25, 0.3) is 0 Å². The van der Waals surface area contributed by atoms with E-state index in [2.05, 4.69) is 41.5 Å². The van der Waals surface area contributed by atoms with E-state index in [1.54, 1.807) is 0 Å². The molecule has 0 spiro atoms. The molecule has 5 aliphatic rings. The van der Waals surface area contributed by atoms with Crippen molar-refractivity contribution < 1.29 is 23.9 Å². The van der Waals surface area contributed by atoms with Crippen molar-refractivity contribution in [3.05, 3.63) is 11.6 Å². The van der Waals surface area contributed by atoms with E-state index in [0.29, 0.717) is 6.42 Å². The molecule has 0 bridgehead atoms. The van der Waals surface area contributed by atoms with Crippen molar-refractivity contribution in [3.8, 4) is 0 Å². The number of aldehydes is 1. The van der Waals surface area contributed by atoms with E-state index in [9.17, 15) is 19.2 Å². The average Bonchev–Trinajstić information content (AvgIpc) is 2.81. The predicted molar refractivity (Wildman–Crippen MR) is 146 cm³/mol. The summed E-state index contributed by atoms with van der Waals surface area (Å²) in [7, 11) is 1.49. The zero-order valence-corrected chi connectivity index (χ0v) is 25.1. The Morgan fingerprint density at radius 3 is 2.16 bits per heavy atom. The molecule has 5 rings (SSSR count). The molecular weight excluding hydrogens is 476 g/mol. The molecule has 0 radical (unpaired) electrons. The smallest absolute Gasteiger partial charge is 0.312 e. The van der Waals surface area contributed by atoms with Crippen molar-refractivity contribution in [2.24, 2.45) is 55.7 Å². The van der Waals surface area contributed by atoms with E-state index in [1.807, 2.05) is 19.9 Å². The zero-order valence-electron chi connectivity index (χ0n) is 25.1. The number of hydrogen-bond donors (Lipinski definition) is 0. The van der Waals surface area contributed by atoms with Gasteiger partial charge in [-0.05, 0) is 90.4 Å². The number of hydrogen-bond acceptors (Lipinski definition) is 5. The maximum Gasteiger partial charge on any atom is 0.312 e. The molecule has 0 aromatic rings. The molecule has 0 N–H and O–H groups in total. The van der Waals surface area contributed by atoms with E-state index in [0.717, 1.165) is 56.8 Å². The molecule has 8 atom stereocenters. The molecule has 5 aliphatic carbocycles. The summed E-state index contributed by atoms with van der Waals surface area (Å²) in [5.74, 6) is -0.799. The highest BCUT2D eigenvalue weighted by atomic mass is 16.5. The van der Waals surface area contributed by atoms with Gasteiger partial charge in [0.1, 0.15) is 12.1 Å². The third-order valence-electron chi connectivity index (χ3n) is 13.5. The van der Waals surface area contributed by atoms with Crippen molar-refractivity contribution in [2.45, 2.75) is 107 Å². The second-order valence-corrected chi connectivity index (χ2v) is 16.0. The second-order valence-electron chi connectivity index (χ2n) is 16.0. The first-order chi connectivity index (χ1) is 17.4. The van der Waals surface area contributed by atoms with E-state index in [1.165, 1.54) is 7.11 Å². The van der Waals surface area contributed by atoms with Gasteiger partial charge in [0.05, 0.1) is 18.4 Å². The lowest BCUT2D eigenvalue weighted by Gasteiger charge is -2.72. The lowest BCUT2D eigenvalue weighted by Crippen LogP contribution is -2.70. The summed E-state index contributed by atoms with van der Waals surface area (Å²) < 4.78 is 5.48. The topological polar surface area (TPSA) is 77.5 Å². The van der Waals surface area contributed by atoms with Crippen molar-refractivity contribution in [1.82, 2.24) is 0 Å². The Labute approximate surface area is 228 Å². The first-order valence-corrected chi connectivity index (χ1v) is 14.7. The summed E-state index contributed by atoms with van der Waals surface area (Å²) in [6.07, 6.45) is 9.11. The summed E-state index contributed by atoms with van der Waals surface area (Å²) in [5.41, 5.74) is -1.58. The van der Waals surface area contributed by atoms with Crippen LogP contribution < -0.4 is 0 Å². The second kappa shape index (κ2) is 7.91. The Morgan fingerprint density at radius 1 is 0.921 bits per heavy atom. The van der Waals surface area contributed by atoms with Gasteiger partial charge < -0.3 is 9.53 Å². The molecule has 0 aliphatic heterocycles. The number of ether oxygens (including phenoxy) is 1. The summed E-state index contributed by atoms with van der Waals surface area (Å²) >= 11 is 0. The average molecular weight is 525 g/mol. The van der Waals surface area contributed by atoms with Crippen LogP contribution in [0.2, 0.25) is 0 Å². The van der Waals surface area contributed by atoms with Gasteiger partial charge in [0.15, 0.2) is 5.78 Å². The minimum atomic E-state index is -0.651. The predicted octanol–water partition coefficient (Wildman–Crippen LogP) is 6.52. The number of methoxy groups -OCH3 is 1. The molecule has 0 aromatic heterocycles. The molecular formula is C33H48O5. The van der Waals surface area contributed by atoms with Crippen molar-refractivity contribution >= 4 is 23.8 Å². The maximum absolute atomic E-state index is 14.6. The highest BCUT2D eigenvalue weighted by Gasteiger charge is 2.75. The van der Waals surface area contributed by atoms with Gasteiger partial charge in [-0.3, -0.25) is 14.4 Å². The number of carbonyl (C=O) groups is 4. The van der Waals surface area contributed by atoms with Crippen LogP contribution in [0.4, 0.5) is 0 Å². The van der Waals surface area contributed by atoms with Crippen LogP contribution in [0.5, 0.6) is 0 Å². The molecule has 0 amide bonds. The highest BCUT2D eigenvalue weighted by molar-refractivity contribution is 5.99. The summed E-state index contributed by atoms with van der Waals surface area (Å²) in [5, 5.41) is 0. The third kappa shape index (κ3) is 3.05. The van der Waals surface area contributed by atoms with Crippen LogP contribution in [-0.4, -0.2) is 30.9 Å². The first kappa shape index (κ1) is 27.8. The molecule has 2 unspecified atom stereocenters. The minimum Gasteiger partial charge on any atom is -0.469 e. The van der Waals surface area contributed by atoms with E-state index in [4.69, 9.17) is 4.74 Å². The fraction of sp³-hybridized carbons (Fsp3) is 0.818. The lowest BCUT2D eigenvalue weighted by molar-refractivity contribution is -0.219. The number of esters is 1. The normalized spacial score (nSPS) is 49.0. The largest absolute Gasteiger partial charge is 0.469 e. The van der Waals surface area contributed by atoms with E-state index in [-0.39, 0.29) is 45.6 Å². The number of Topliss-reactive ketones (excluding diaryl/α,β-unsaturated/α-hetero) is 1. The quantitative estimate of drug-likeness (QED) is 0.233. The SMILES string of the molecule is COC(=O)[C@]12CCC(C)(C)C[C@@]1(C)[C@H]1C(=O)C=C3[C@@]4(C)CC(C=O)C(=O)C(C)(C)C4CC[C@@]3(C)[C@]1(C)CC2. The Kier molecular flexibility index (Phi) is 5.78. The van der Waals surface area contributed by atoms with Crippen LogP contribution in [0.25, 0.3) is 0 Å². The molecule has 0 saturated heterocycles. The van der Waals surface area contributed by atoms with Crippen LogP contribution in [0.15, 0.2) is 11.6 Å². The van der Waals surface area contributed by atoms with Crippen LogP contribution in [0, 0.1) is 55.7 Å². The molecule has 38 heavy (non-hydrogen) atoms. The number of allylic oxidation sites excluding steroid dienone is 2. The maximum atomic E-state index is 14.6. The molecule has 4 saturated carbocycles. The van der Waals surface area contributed by atoms with Crippen molar-refractivity contribution in [1.29, 1.82) is 0 Å². The Bertz CT molecular complexity index is 1150. The van der Waals surface area contributed by atoms with Crippen LogP contribution in [0.1, 0.15) is 107 Å². The Hall–Kier alpha value is -1.78. The number of fused-ring (bicyclic) bond motifs is 7. The summed E-state index contributed by atoms with van der Waals surface area (Å²) in [6.45, 7) is 17.6. The molecule has 5 nitrogen and oxygen atoms in total. The molecule has 0 aromatic carbocycles. The number of carbonyl (C=O) groups excluding carboxylic acids is 4. The van der Waals surface area contributed by atoms with Gasteiger partial charge >= 0.3 is 5.97 Å². The van der Waals surface area contributed by atoms with Gasteiger partial charge in [0, 0.05) is 11.3 Å². The highest BCUT2D eigenvalue weighted by Crippen LogP contribution is 2.78. The van der Waals surface area contributed by atoms with Crippen molar-refractivity contribution in [2.75, 3.05) is 7.11 Å². The number of ketones is 2. The molecule has 4 fully saturated rings. The first-order valence-electron chi connectivity index (χ1n) is 14.7. The van der Waals surface area contributed by atoms with Gasteiger partial charge in [-0.2, -0.15) is 0 Å². The summed E-state index contributed by atoms with van der Waals surface area (Å²) in [4.78, 5) is 53.6. The third-order valence-corrected chi connectivity index (χ3v) is 13.5. The monoisotopic (exact) mass is 524 g/mol. The van der Waals surface area contributed by atoms with Gasteiger partial charge in [-0.1, -0.05) is 61.0 Å².